The van der Waals surface area contributed by atoms with Gasteiger partial charge >= 0.3 is 5.97 Å². The van der Waals surface area contributed by atoms with Gasteiger partial charge in [0.2, 0.25) is 5.91 Å². The molecule has 0 aliphatic heterocycles. The Kier molecular flexibility index (Phi) is 4.56. The summed E-state index contributed by atoms with van der Waals surface area (Å²) in [5, 5.41) is 9.18. The van der Waals surface area contributed by atoms with Gasteiger partial charge in [0.15, 0.2) is 0 Å². The van der Waals surface area contributed by atoms with Gasteiger partial charge in [0.05, 0.1) is 6.42 Å². The van der Waals surface area contributed by atoms with Gasteiger partial charge in [-0.15, -0.1) is 6.42 Å². The first-order chi connectivity index (χ1) is 8.04. The fourth-order valence-corrected chi connectivity index (χ4v) is 1.47. The minimum atomic E-state index is -1.12. The van der Waals surface area contributed by atoms with Gasteiger partial charge in [-0.1, -0.05) is 23.6 Å². The average Bonchev–Trinajstić information content (AvgIpc) is 2.26. The van der Waals surface area contributed by atoms with E-state index in [9.17, 15) is 9.59 Å². The molecule has 0 saturated heterocycles. The number of hydrogen-bond donors (Lipinski definition) is 1. The van der Waals surface area contributed by atoms with E-state index in [0.717, 1.165) is 4.90 Å². The highest BCUT2D eigenvalue weighted by Gasteiger charge is 2.17. The van der Waals surface area contributed by atoms with Gasteiger partial charge in [-0.3, -0.25) is 9.59 Å². The lowest BCUT2D eigenvalue weighted by Gasteiger charge is -2.20. The van der Waals surface area contributed by atoms with Crippen molar-refractivity contribution >= 4 is 29.2 Å². The summed E-state index contributed by atoms with van der Waals surface area (Å²) >= 11 is 5.78. The van der Waals surface area contributed by atoms with E-state index in [2.05, 4.69) is 5.92 Å². The van der Waals surface area contributed by atoms with E-state index < -0.39 is 18.4 Å². The normalized spacial score (nSPS) is 9.41. The first-order valence-corrected chi connectivity index (χ1v) is 5.13. The number of anilines is 1. The van der Waals surface area contributed by atoms with Crippen LogP contribution in [-0.4, -0.2) is 23.5 Å². The summed E-state index contributed by atoms with van der Waals surface area (Å²) in [7, 11) is 0. The Morgan fingerprint density at radius 3 is 2.71 bits per heavy atom. The number of carbonyl (C=O) groups is 2. The maximum Gasteiger partial charge on any atom is 0.323 e. The van der Waals surface area contributed by atoms with Crippen molar-refractivity contribution < 1.29 is 14.7 Å². The molecule has 1 aromatic carbocycles. The standard InChI is InChI=1S/C12H10ClNO3/c1-2-4-11(15)14(8-12(16)17)10-6-3-5-9(13)7-10/h1,3,5-7H,4,8H2,(H,16,17). The van der Waals surface area contributed by atoms with Gasteiger partial charge in [-0.05, 0) is 18.2 Å². The summed E-state index contributed by atoms with van der Waals surface area (Å²) in [6.07, 6.45) is 4.88. The van der Waals surface area contributed by atoms with Crippen LogP contribution in [0.1, 0.15) is 6.42 Å². The first-order valence-electron chi connectivity index (χ1n) is 4.75. The molecule has 0 spiro atoms. The highest BCUT2D eigenvalue weighted by Crippen LogP contribution is 2.20. The molecule has 1 aromatic rings. The summed E-state index contributed by atoms with van der Waals surface area (Å²) in [4.78, 5) is 23.5. The number of amides is 1. The van der Waals surface area contributed by atoms with E-state index in [-0.39, 0.29) is 6.42 Å². The Labute approximate surface area is 104 Å². The molecule has 4 nitrogen and oxygen atoms in total. The number of carboxylic acid groups (broad SMARTS) is 1. The molecule has 5 heteroatoms. The lowest BCUT2D eigenvalue weighted by atomic mass is 10.2. The third-order valence-electron chi connectivity index (χ3n) is 1.97. The molecular weight excluding hydrogens is 242 g/mol. The molecule has 0 aromatic heterocycles. The zero-order chi connectivity index (χ0) is 12.8. The molecular formula is C12H10ClNO3. The summed E-state index contributed by atoms with van der Waals surface area (Å²) < 4.78 is 0. The largest absolute Gasteiger partial charge is 0.480 e. The summed E-state index contributed by atoms with van der Waals surface area (Å²) in [5.41, 5.74) is 0.417. The molecule has 0 atom stereocenters. The van der Waals surface area contributed by atoms with Crippen molar-refractivity contribution in [3.63, 3.8) is 0 Å². The van der Waals surface area contributed by atoms with Crippen molar-refractivity contribution in [2.24, 2.45) is 0 Å². The van der Waals surface area contributed by atoms with Gasteiger partial charge < -0.3 is 10.0 Å². The molecule has 1 rings (SSSR count). The molecule has 0 saturated carbocycles. The minimum Gasteiger partial charge on any atom is -0.480 e. The number of carbonyl (C=O) groups excluding carboxylic acids is 1. The van der Waals surface area contributed by atoms with Crippen molar-refractivity contribution in [1.29, 1.82) is 0 Å². The number of aliphatic carboxylic acids is 1. The Morgan fingerprint density at radius 2 is 2.18 bits per heavy atom. The lowest BCUT2D eigenvalue weighted by Crippen LogP contribution is -2.35. The number of hydrogen-bond acceptors (Lipinski definition) is 2. The number of nitrogens with zero attached hydrogens (tertiary/aromatic N) is 1. The second-order valence-electron chi connectivity index (χ2n) is 3.23. The minimum absolute atomic E-state index is 0.153. The molecule has 1 amide bonds. The van der Waals surface area contributed by atoms with Crippen molar-refractivity contribution in [2.45, 2.75) is 6.42 Å². The van der Waals surface area contributed by atoms with E-state index >= 15 is 0 Å². The summed E-state index contributed by atoms with van der Waals surface area (Å²) in [5.74, 6) is 0.626. The number of rotatable bonds is 4. The molecule has 0 bridgehead atoms. The van der Waals surface area contributed by atoms with Crippen molar-refractivity contribution in [3.8, 4) is 12.3 Å². The number of carboxylic acids is 1. The van der Waals surface area contributed by atoms with Crippen LogP contribution in [0.25, 0.3) is 0 Å². The third kappa shape index (κ3) is 3.82. The highest BCUT2D eigenvalue weighted by atomic mass is 35.5. The molecule has 0 heterocycles. The molecule has 0 aliphatic rings. The lowest BCUT2D eigenvalue weighted by molar-refractivity contribution is -0.136. The van der Waals surface area contributed by atoms with Crippen molar-refractivity contribution in [1.82, 2.24) is 0 Å². The Morgan fingerprint density at radius 1 is 1.47 bits per heavy atom. The average molecular weight is 252 g/mol. The predicted octanol–water partition coefficient (Wildman–Crippen LogP) is 1.78. The van der Waals surface area contributed by atoms with E-state index in [4.69, 9.17) is 23.1 Å². The fraction of sp³-hybridized carbons (Fsp3) is 0.167. The molecule has 0 unspecified atom stereocenters. The summed E-state index contributed by atoms with van der Waals surface area (Å²) in [6, 6.07) is 6.38. The van der Waals surface area contributed by atoms with Gasteiger partial charge in [0.25, 0.3) is 0 Å². The van der Waals surface area contributed by atoms with Crippen LogP contribution >= 0.6 is 11.6 Å². The van der Waals surface area contributed by atoms with Crippen molar-refractivity contribution in [3.05, 3.63) is 29.3 Å². The monoisotopic (exact) mass is 251 g/mol. The Bertz CT molecular complexity index is 479. The van der Waals surface area contributed by atoms with E-state index in [1.54, 1.807) is 18.2 Å². The molecule has 0 aliphatic carbocycles. The maximum absolute atomic E-state index is 11.7. The fourth-order valence-electron chi connectivity index (χ4n) is 1.29. The number of halogens is 1. The maximum atomic E-state index is 11.7. The van der Waals surface area contributed by atoms with Gasteiger partial charge in [-0.25, -0.2) is 0 Å². The molecule has 88 valence electrons. The molecule has 0 radical (unpaired) electrons. The van der Waals surface area contributed by atoms with Crippen LogP contribution < -0.4 is 4.90 Å². The number of terminal acetylenes is 1. The molecule has 17 heavy (non-hydrogen) atoms. The quantitative estimate of drug-likeness (QED) is 0.830. The molecule has 0 fully saturated rings. The topological polar surface area (TPSA) is 57.6 Å². The predicted molar refractivity (Wildman–Crippen MR) is 64.9 cm³/mol. The SMILES string of the molecule is C#CCC(=O)N(CC(=O)O)c1cccc(Cl)c1. The second kappa shape index (κ2) is 5.92. The second-order valence-corrected chi connectivity index (χ2v) is 3.67. The van der Waals surface area contributed by atoms with Gasteiger partial charge in [0.1, 0.15) is 6.54 Å². The van der Waals surface area contributed by atoms with Crippen molar-refractivity contribution in [2.75, 3.05) is 11.4 Å². The van der Waals surface area contributed by atoms with Gasteiger partial charge in [0, 0.05) is 10.7 Å². The van der Waals surface area contributed by atoms with Crippen LogP contribution in [0.2, 0.25) is 5.02 Å². The van der Waals surface area contributed by atoms with E-state index in [0.29, 0.717) is 10.7 Å². The van der Waals surface area contributed by atoms with Crippen LogP contribution in [0.5, 0.6) is 0 Å². The summed E-state index contributed by atoms with van der Waals surface area (Å²) in [6.45, 7) is -0.444. The van der Waals surface area contributed by atoms with Crippen LogP contribution in [-0.2, 0) is 9.59 Å². The van der Waals surface area contributed by atoms with Crippen LogP contribution in [0.15, 0.2) is 24.3 Å². The zero-order valence-electron chi connectivity index (χ0n) is 8.89. The van der Waals surface area contributed by atoms with Gasteiger partial charge in [-0.2, -0.15) is 0 Å². The zero-order valence-corrected chi connectivity index (χ0v) is 9.65. The van der Waals surface area contributed by atoms with E-state index in [1.807, 2.05) is 0 Å². The molecule has 1 N–H and O–H groups in total. The smallest absolute Gasteiger partial charge is 0.323 e. The van der Waals surface area contributed by atoms with Crippen LogP contribution in [0, 0.1) is 12.3 Å². The Hall–Kier alpha value is -1.99. The van der Waals surface area contributed by atoms with Crippen LogP contribution in [0.3, 0.4) is 0 Å². The first kappa shape index (κ1) is 13.1. The van der Waals surface area contributed by atoms with Crippen LogP contribution in [0.4, 0.5) is 5.69 Å². The Balaban J connectivity index is 3.02. The highest BCUT2D eigenvalue weighted by molar-refractivity contribution is 6.30. The number of benzene rings is 1. The third-order valence-corrected chi connectivity index (χ3v) is 2.20. The van der Waals surface area contributed by atoms with E-state index in [1.165, 1.54) is 6.07 Å².